The van der Waals surface area contributed by atoms with E-state index in [1.54, 1.807) is 22.7 Å². The molecule has 3 aromatic rings. The number of Topliss-reactive ketones (excluding diaryl/α,β-unsaturated/α-hetero) is 1. The van der Waals surface area contributed by atoms with Crippen molar-refractivity contribution in [3.8, 4) is 0 Å². The number of carbonyl (C=O) groups is 2. The summed E-state index contributed by atoms with van der Waals surface area (Å²) in [6.45, 7) is 2.42. The molecule has 1 aliphatic rings. The Balaban J connectivity index is 1.45. The summed E-state index contributed by atoms with van der Waals surface area (Å²) >= 11 is 1.57. The minimum Gasteiger partial charge on any atom is -0.307 e. The second-order valence-corrected chi connectivity index (χ2v) is 9.83. The van der Waals surface area contributed by atoms with Crippen LogP contribution in [0.5, 0.6) is 0 Å². The molecule has 0 aliphatic carbocycles. The fourth-order valence-corrected chi connectivity index (χ4v) is 5.00. The number of piperidine rings is 1. The minimum atomic E-state index is -0.507. The smallest absolute Gasteiger partial charge is 0.270 e. The molecule has 1 heterocycles. The predicted molar refractivity (Wildman–Crippen MR) is 143 cm³/mol. The van der Waals surface area contributed by atoms with Gasteiger partial charge in [0.1, 0.15) is 5.82 Å². The zero-order valence-electron chi connectivity index (χ0n) is 20.5. The van der Waals surface area contributed by atoms with Crippen LogP contribution in [0.3, 0.4) is 0 Å². The van der Waals surface area contributed by atoms with Crippen LogP contribution in [-0.2, 0) is 0 Å². The van der Waals surface area contributed by atoms with Gasteiger partial charge in [0.25, 0.3) is 11.6 Å². The van der Waals surface area contributed by atoms with E-state index in [4.69, 9.17) is 0 Å². The first-order valence-electron chi connectivity index (χ1n) is 12.1. The van der Waals surface area contributed by atoms with Crippen LogP contribution in [0.15, 0.2) is 77.7 Å². The highest BCUT2D eigenvalue weighted by Crippen LogP contribution is 2.26. The zero-order valence-corrected chi connectivity index (χ0v) is 21.3. The van der Waals surface area contributed by atoms with Gasteiger partial charge in [-0.15, -0.1) is 11.8 Å². The van der Waals surface area contributed by atoms with Crippen molar-refractivity contribution in [2.45, 2.75) is 17.7 Å². The van der Waals surface area contributed by atoms with E-state index in [1.807, 2.05) is 30.5 Å². The molecule has 1 amide bonds. The molecule has 1 fully saturated rings. The van der Waals surface area contributed by atoms with E-state index < -0.39 is 4.92 Å². The van der Waals surface area contributed by atoms with E-state index in [9.17, 15) is 24.1 Å². The number of ketones is 1. The first-order valence-corrected chi connectivity index (χ1v) is 13.3. The molecule has 9 heteroatoms. The Morgan fingerprint density at radius 1 is 1.03 bits per heavy atom. The van der Waals surface area contributed by atoms with E-state index in [0.717, 1.165) is 10.6 Å². The molecular weight excluding hydrogens is 493 g/mol. The number of nitrogens with zero attached hydrogens (tertiary/aromatic N) is 3. The average molecular weight is 522 g/mol. The van der Waals surface area contributed by atoms with Crippen molar-refractivity contribution in [2.24, 2.45) is 5.92 Å². The number of rotatable bonds is 9. The lowest BCUT2D eigenvalue weighted by atomic mass is 9.89. The highest BCUT2D eigenvalue weighted by molar-refractivity contribution is 7.98. The Labute approximate surface area is 219 Å². The van der Waals surface area contributed by atoms with Crippen LogP contribution in [-0.4, -0.2) is 53.9 Å². The summed E-state index contributed by atoms with van der Waals surface area (Å²) < 4.78 is 13.2. The maximum atomic E-state index is 13.5. The Hall–Kier alpha value is -3.56. The molecule has 7 nitrogen and oxygen atoms in total. The monoisotopic (exact) mass is 521 g/mol. The second kappa shape index (κ2) is 12.1. The van der Waals surface area contributed by atoms with Gasteiger partial charge in [-0.2, -0.15) is 0 Å². The molecule has 3 aromatic carbocycles. The summed E-state index contributed by atoms with van der Waals surface area (Å²) in [5.41, 5.74) is 1.39. The topological polar surface area (TPSA) is 83.8 Å². The molecule has 0 N–H and O–H groups in total. The molecule has 0 bridgehead atoms. The average Bonchev–Trinajstić information content (AvgIpc) is 2.93. The molecule has 0 unspecified atom stereocenters. The van der Waals surface area contributed by atoms with Crippen molar-refractivity contribution in [3.63, 3.8) is 0 Å². The van der Waals surface area contributed by atoms with Crippen LogP contribution in [0.1, 0.15) is 33.6 Å². The van der Waals surface area contributed by atoms with Crippen molar-refractivity contribution in [1.29, 1.82) is 0 Å². The van der Waals surface area contributed by atoms with Crippen LogP contribution >= 0.6 is 11.8 Å². The Bertz CT molecular complexity index is 1280. The SMILES string of the molecule is CSc1cccc(N(CCN2CCC(C(=O)c3ccc(F)cc3)CC2)C(=O)c2cccc([N+](=O)[O-])c2)c1. The highest BCUT2D eigenvalue weighted by atomic mass is 32.2. The van der Waals surface area contributed by atoms with Gasteiger partial charge in [0.2, 0.25) is 0 Å². The molecule has 0 saturated carbocycles. The number of thioether (sulfide) groups is 1. The number of halogens is 1. The van der Waals surface area contributed by atoms with Gasteiger partial charge in [-0.25, -0.2) is 4.39 Å². The van der Waals surface area contributed by atoms with Crippen LogP contribution < -0.4 is 4.90 Å². The maximum Gasteiger partial charge on any atom is 0.270 e. The normalized spacial score (nSPS) is 14.3. The lowest BCUT2D eigenvalue weighted by Crippen LogP contribution is -2.43. The van der Waals surface area contributed by atoms with Gasteiger partial charge >= 0.3 is 0 Å². The number of anilines is 1. The number of amides is 1. The fourth-order valence-electron chi connectivity index (χ4n) is 4.54. The summed E-state index contributed by atoms with van der Waals surface area (Å²) in [7, 11) is 0. The van der Waals surface area contributed by atoms with E-state index in [0.29, 0.717) is 44.6 Å². The van der Waals surface area contributed by atoms with Gasteiger partial charge in [0.05, 0.1) is 4.92 Å². The quantitative estimate of drug-likeness (QED) is 0.156. The van der Waals surface area contributed by atoms with Gasteiger partial charge in [-0.3, -0.25) is 19.7 Å². The maximum absolute atomic E-state index is 13.5. The molecule has 37 heavy (non-hydrogen) atoms. The predicted octanol–water partition coefficient (Wildman–Crippen LogP) is 5.70. The lowest BCUT2D eigenvalue weighted by molar-refractivity contribution is -0.384. The molecule has 1 aliphatic heterocycles. The Morgan fingerprint density at radius 2 is 1.73 bits per heavy atom. The van der Waals surface area contributed by atoms with E-state index in [1.165, 1.54) is 42.5 Å². The van der Waals surface area contributed by atoms with Crippen molar-refractivity contribution in [3.05, 3.63) is 99.9 Å². The molecule has 1 saturated heterocycles. The van der Waals surface area contributed by atoms with Crippen molar-refractivity contribution in [2.75, 3.05) is 37.3 Å². The number of nitro benzene ring substituents is 1. The lowest BCUT2D eigenvalue weighted by Gasteiger charge is -2.33. The van der Waals surface area contributed by atoms with Crippen LogP contribution in [0, 0.1) is 21.8 Å². The molecule has 0 radical (unpaired) electrons. The van der Waals surface area contributed by atoms with E-state index in [-0.39, 0.29) is 34.7 Å². The molecular formula is C28H28FN3O4S. The number of carbonyl (C=O) groups excluding carboxylic acids is 2. The molecule has 0 atom stereocenters. The van der Waals surface area contributed by atoms with Gasteiger partial charge in [-0.1, -0.05) is 12.1 Å². The van der Waals surface area contributed by atoms with E-state index in [2.05, 4.69) is 4.90 Å². The summed E-state index contributed by atoms with van der Waals surface area (Å²) in [5, 5.41) is 11.2. The van der Waals surface area contributed by atoms with Gasteiger partial charge < -0.3 is 9.80 Å². The summed E-state index contributed by atoms with van der Waals surface area (Å²) in [5.74, 6) is -0.736. The first kappa shape index (κ1) is 26.5. The van der Waals surface area contributed by atoms with Gasteiger partial charge in [0.15, 0.2) is 5.78 Å². The Kier molecular flexibility index (Phi) is 8.68. The number of likely N-dealkylation sites (tertiary alicyclic amines) is 1. The number of hydrogen-bond donors (Lipinski definition) is 0. The zero-order chi connectivity index (χ0) is 26.4. The standard InChI is InChI=1S/C28H28FN3O4S/c1-37-26-7-3-5-24(19-26)31(28(34)22-4-2-6-25(18-22)32(35)36)17-16-30-14-12-21(13-15-30)27(33)20-8-10-23(29)11-9-20/h2-11,18-19,21H,12-17H2,1H3. The molecule has 4 rings (SSSR count). The summed E-state index contributed by atoms with van der Waals surface area (Å²) in [6, 6.07) is 19.1. The van der Waals surface area contributed by atoms with Gasteiger partial charge in [0, 0.05) is 52.8 Å². The third kappa shape index (κ3) is 6.61. The number of non-ortho nitro benzene ring substituents is 1. The molecule has 192 valence electrons. The fraction of sp³-hybridized carbons (Fsp3) is 0.286. The van der Waals surface area contributed by atoms with Crippen LogP contribution in [0.4, 0.5) is 15.8 Å². The highest BCUT2D eigenvalue weighted by Gasteiger charge is 2.27. The van der Waals surface area contributed by atoms with Gasteiger partial charge in [-0.05, 0) is 80.7 Å². The van der Waals surface area contributed by atoms with Crippen molar-refractivity contribution >= 4 is 34.8 Å². The third-order valence-electron chi connectivity index (χ3n) is 6.64. The Morgan fingerprint density at radius 3 is 2.41 bits per heavy atom. The van der Waals surface area contributed by atoms with Crippen LogP contribution in [0.2, 0.25) is 0 Å². The van der Waals surface area contributed by atoms with E-state index >= 15 is 0 Å². The minimum absolute atomic E-state index is 0.0380. The van der Waals surface area contributed by atoms with Crippen molar-refractivity contribution in [1.82, 2.24) is 4.90 Å². The number of benzene rings is 3. The number of nitro groups is 1. The number of hydrogen-bond acceptors (Lipinski definition) is 6. The molecule has 0 spiro atoms. The summed E-state index contributed by atoms with van der Waals surface area (Å²) in [6.07, 6.45) is 3.34. The summed E-state index contributed by atoms with van der Waals surface area (Å²) in [4.78, 5) is 42.0. The largest absolute Gasteiger partial charge is 0.307 e. The van der Waals surface area contributed by atoms with Crippen molar-refractivity contribution < 1.29 is 18.9 Å². The third-order valence-corrected chi connectivity index (χ3v) is 7.37. The second-order valence-electron chi connectivity index (χ2n) is 8.95. The van der Waals surface area contributed by atoms with Crippen LogP contribution in [0.25, 0.3) is 0 Å². The first-order chi connectivity index (χ1) is 17.9. The molecule has 0 aromatic heterocycles.